The monoisotopic (exact) mass is 292 g/mol. The topological polar surface area (TPSA) is 62.7 Å². The molecule has 5 heteroatoms. The smallest absolute Gasteiger partial charge is 0.335 e. The number of carboxylic acids is 1. The van der Waals surface area contributed by atoms with Crippen LogP contribution in [-0.2, 0) is 4.74 Å². The molecule has 0 radical (unpaired) electrons. The fourth-order valence-corrected chi connectivity index (χ4v) is 2.50. The second-order valence-electron chi connectivity index (χ2n) is 5.97. The highest BCUT2D eigenvalue weighted by atomic mass is 16.5. The third kappa shape index (κ3) is 4.17. The minimum Gasteiger partial charge on any atom is -0.478 e. The van der Waals surface area contributed by atoms with Gasteiger partial charge in [-0.05, 0) is 37.3 Å². The third-order valence-electron chi connectivity index (χ3n) is 3.81. The average Bonchev–Trinajstić information content (AvgIpc) is 2.47. The number of carbonyl (C=O) groups is 1. The summed E-state index contributed by atoms with van der Waals surface area (Å²) in [7, 11) is 1.94. The van der Waals surface area contributed by atoms with Crippen molar-refractivity contribution in [3.8, 4) is 0 Å². The van der Waals surface area contributed by atoms with Gasteiger partial charge in [0.2, 0.25) is 0 Å². The van der Waals surface area contributed by atoms with Crippen molar-refractivity contribution in [2.24, 2.45) is 0 Å². The van der Waals surface area contributed by atoms with Crippen LogP contribution in [0, 0.1) is 0 Å². The molecular weight excluding hydrogens is 268 g/mol. The molecule has 0 aromatic carbocycles. The number of hydrogen-bond donors (Lipinski definition) is 1. The van der Waals surface area contributed by atoms with Gasteiger partial charge in [-0.15, -0.1) is 0 Å². The number of likely N-dealkylation sites (N-methyl/N-ethyl adjacent to an activating group) is 1. The van der Waals surface area contributed by atoms with Crippen molar-refractivity contribution in [1.29, 1.82) is 0 Å². The zero-order valence-electron chi connectivity index (χ0n) is 13.0. The molecule has 0 aliphatic carbocycles. The fourth-order valence-electron chi connectivity index (χ4n) is 2.50. The first-order valence-corrected chi connectivity index (χ1v) is 7.55. The van der Waals surface area contributed by atoms with Crippen molar-refractivity contribution in [3.63, 3.8) is 0 Å². The standard InChI is InChI=1S/C16H24N2O3/c1-11(2)14-8-12(16(19)20)9-15(17-14)18(3)10-13-6-4-5-7-21-13/h8-9,11,13H,4-7,10H2,1-3H3,(H,19,20). The van der Waals surface area contributed by atoms with E-state index in [9.17, 15) is 9.90 Å². The zero-order chi connectivity index (χ0) is 15.4. The Morgan fingerprint density at radius 1 is 1.48 bits per heavy atom. The summed E-state index contributed by atoms with van der Waals surface area (Å²) in [5.74, 6) is -0.0157. The molecule has 0 spiro atoms. The van der Waals surface area contributed by atoms with Gasteiger partial charge in [-0.25, -0.2) is 9.78 Å². The average molecular weight is 292 g/mol. The Kier molecular flexibility index (Phi) is 5.17. The van der Waals surface area contributed by atoms with Crippen LogP contribution in [0.25, 0.3) is 0 Å². The molecule has 1 aromatic rings. The SMILES string of the molecule is CC(C)c1cc(C(=O)O)cc(N(C)CC2CCCCO2)n1. The lowest BCUT2D eigenvalue weighted by molar-refractivity contribution is 0.0215. The number of anilines is 1. The van der Waals surface area contributed by atoms with Gasteiger partial charge in [-0.2, -0.15) is 0 Å². The summed E-state index contributed by atoms with van der Waals surface area (Å²) in [6.45, 7) is 5.59. The van der Waals surface area contributed by atoms with E-state index in [2.05, 4.69) is 4.98 Å². The van der Waals surface area contributed by atoms with E-state index < -0.39 is 5.97 Å². The molecule has 5 nitrogen and oxygen atoms in total. The number of aromatic carboxylic acids is 1. The van der Waals surface area contributed by atoms with Gasteiger partial charge in [-0.3, -0.25) is 0 Å². The predicted molar refractivity (Wildman–Crippen MR) is 82.1 cm³/mol. The molecule has 2 rings (SSSR count). The van der Waals surface area contributed by atoms with Crippen LogP contribution in [0.3, 0.4) is 0 Å². The Bertz CT molecular complexity index is 496. The summed E-state index contributed by atoms with van der Waals surface area (Å²) in [5.41, 5.74) is 1.10. The van der Waals surface area contributed by atoms with Crippen LogP contribution in [0.2, 0.25) is 0 Å². The van der Waals surface area contributed by atoms with Gasteiger partial charge in [0.1, 0.15) is 5.82 Å². The predicted octanol–water partition coefficient (Wildman–Crippen LogP) is 2.91. The van der Waals surface area contributed by atoms with Crippen LogP contribution >= 0.6 is 0 Å². The van der Waals surface area contributed by atoms with Crippen molar-refractivity contribution in [1.82, 2.24) is 4.98 Å². The van der Waals surface area contributed by atoms with E-state index in [0.717, 1.165) is 31.7 Å². The zero-order valence-corrected chi connectivity index (χ0v) is 13.0. The molecule has 1 aliphatic heterocycles. The van der Waals surface area contributed by atoms with Crippen LogP contribution in [0.15, 0.2) is 12.1 Å². The number of nitrogens with zero attached hydrogens (tertiary/aromatic N) is 2. The first kappa shape index (κ1) is 15.8. The second kappa shape index (κ2) is 6.89. The highest BCUT2D eigenvalue weighted by molar-refractivity contribution is 5.88. The second-order valence-corrected chi connectivity index (χ2v) is 5.97. The lowest BCUT2D eigenvalue weighted by Crippen LogP contribution is -2.34. The van der Waals surface area contributed by atoms with Crippen LogP contribution in [0.1, 0.15) is 55.1 Å². The van der Waals surface area contributed by atoms with Crippen molar-refractivity contribution >= 4 is 11.8 Å². The van der Waals surface area contributed by atoms with Gasteiger partial charge in [0, 0.05) is 25.9 Å². The number of pyridine rings is 1. The van der Waals surface area contributed by atoms with E-state index in [1.54, 1.807) is 12.1 Å². The number of ether oxygens (including phenoxy) is 1. The number of carboxylic acid groups (broad SMARTS) is 1. The quantitative estimate of drug-likeness (QED) is 0.904. The summed E-state index contributed by atoms with van der Waals surface area (Å²) in [6, 6.07) is 3.29. The van der Waals surface area contributed by atoms with Crippen LogP contribution in [0.5, 0.6) is 0 Å². The Balaban J connectivity index is 2.18. The largest absolute Gasteiger partial charge is 0.478 e. The maximum absolute atomic E-state index is 11.3. The molecular formula is C16H24N2O3. The third-order valence-corrected chi connectivity index (χ3v) is 3.81. The van der Waals surface area contributed by atoms with Gasteiger partial charge in [-0.1, -0.05) is 13.8 Å². The molecule has 116 valence electrons. The molecule has 0 saturated carbocycles. The highest BCUT2D eigenvalue weighted by Gasteiger charge is 2.18. The van der Waals surface area contributed by atoms with Gasteiger partial charge in [0.15, 0.2) is 0 Å². The summed E-state index contributed by atoms with van der Waals surface area (Å²) < 4.78 is 5.74. The first-order valence-electron chi connectivity index (χ1n) is 7.55. The first-order chi connectivity index (χ1) is 9.97. The van der Waals surface area contributed by atoms with Gasteiger partial charge in [0.25, 0.3) is 0 Å². The number of rotatable bonds is 5. The van der Waals surface area contributed by atoms with Crippen LogP contribution in [0.4, 0.5) is 5.82 Å². The van der Waals surface area contributed by atoms with E-state index in [4.69, 9.17) is 4.74 Å². The van der Waals surface area contributed by atoms with E-state index in [1.807, 2.05) is 25.8 Å². The lowest BCUT2D eigenvalue weighted by atomic mass is 10.1. The molecule has 1 aliphatic rings. The van der Waals surface area contributed by atoms with Crippen LogP contribution < -0.4 is 4.90 Å². The van der Waals surface area contributed by atoms with E-state index in [1.165, 1.54) is 6.42 Å². The lowest BCUT2D eigenvalue weighted by Gasteiger charge is -2.28. The van der Waals surface area contributed by atoms with Gasteiger partial charge >= 0.3 is 5.97 Å². The molecule has 2 heterocycles. The van der Waals surface area contributed by atoms with Crippen molar-refractivity contribution < 1.29 is 14.6 Å². The van der Waals surface area contributed by atoms with Crippen LogP contribution in [-0.4, -0.2) is 42.4 Å². The van der Waals surface area contributed by atoms with Crippen molar-refractivity contribution in [2.75, 3.05) is 25.1 Å². The van der Waals surface area contributed by atoms with Crippen molar-refractivity contribution in [3.05, 3.63) is 23.4 Å². The van der Waals surface area contributed by atoms with Gasteiger partial charge in [0.05, 0.1) is 11.7 Å². The molecule has 0 amide bonds. The highest BCUT2D eigenvalue weighted by Crippen LogP contribution is 2.21. The van der Waals surface area contributed by atoms with Gasteiger partial charge < -0.3 is 14.7 Å². The Hall–Kier alpha value is -1.62. The summed E-state index contributed by atoms with van der Waals surface area (Å²) >= 11 is 0. The molecule has 1 saturated heterocycles. The van der Waals surface area contributed by atoms with E-state index >= 15 is 0 Å². The minimum atomic E-state index is -0.914. The Labute approximate surface area is 125 Å². The van der Waals surface area contributed by atoms with Crippen molar-refractivity contribution in [2.45, 2.75) is 45.1 Å². The molecule has 21 heavy (non-hydrogen) atoms. The normalized spacial score (nSPS) is 18.8. The molecule has 1 N–H and O–H groups in total. The maximum Gasteiger partial charge on any atom is 0.335 e. The molecule has 1 aromatic heterocycles. The van der Waals surface area contributed by atoms with E-state index in [-0.39, 0.29) is 12.0 Å². The minimum absolute atomic E-state index is 0.197. The molecule has 0 bridgehead atoms. The Morgan fingerprint density at radius 3 is 2.81 bits per heavy atom. The molecule has 1 atom stereocenters. The number of hydrogen-bond acceptors (Lipinski definition) is 4. The summed E-state index contributed by atoms with van der Waals surface area (Å²) in [4.78, 5) is 17.9. The maximum atomic E-state index is 11.3. The van der Waals surface area contributed by atoms with E-state index in [0.29, 0.717) is 11.4 Å². The fraction of sp³-hybridized carbons (Fsp3) is 0.625. The Morgan fingerprint density at radius 2 is 2.24 bits per heavy atom. The number of aromatic nitrogens is 1. The summed E-state index contributed by atoms with van der Waals surface area (Å²) in [5, 5.41) is 9.25. The summed E-state index contributed by atoms with van der Waals surface area (Å²) in [6.07, 6.45) is 3.59. The molecule has 1 fully saturated rings. The molecule has 1 unspecified atom stereocenters.